The molecule has 0 aromatic heterocycles. The van der Waals surface area contributed by atoms with Gasteiger partial charge < -0.3 is 45.2 Å². The van der Waals surface area contributed by atoms with E-state index >= 15 is 0 Å². The van der Waals surface area contributed by atoms with E-state index in [2.05, 4.69) is 251 Å². The van der Waals surface area contributed by atoms with Gasteiger partial charge in [0.25, 0.3) is 0 Å². The maximum Gasteiger partial charge on any atom is 0.320 e. The zero-order valence-corrected chi connectivity index (χ0v) is 88.8. The van der Waals surface area contributed by atoms with Crippen LogP contribution in [0.1, 0.15) is 270 Å². The Bertz CT molecular complexity index is 3120. The van der Waals surface area contributed by atoms with Gasteiger partial charge in [-0.3, -0.25) is 53.5 Å². The Labute approximate surface area is 776 Å². The van der Waals surface area contributed by atoms with Crippen LogP contribution in [-0.2, 0) is 55.2 Å². The number of nitrogens with one attached hydrogen (secondary N) is 1. The summed E-state index contributed by atoms with van der Waals surface area (Å²) in [6, 6.07) is 13.2. The number of carboxylic acids is 3. The van der Waals surface area contributed by atoms with Crippen molar-refractivity contribution in [1.29, 1.82) is 0 Å². The van der Waals surface area contributed by atoms with Crippen molar-refractivity contribution in [2.75, 3.05) is 177 Å². The molecule has 9 fully saturated rings. The van der Waals surface area contributed by atoms with Crippen LogP contribution in [0.5, 0.6) is 0 Å². The number of likely N-dealkylation sites (N-methyl/N-ethyl adjacent to an activating group) is 1. The van der Waals surface area contributed by atoms with Crippen LogP contribution in [0.4, 0.5) is 0 Å². The number of ether oxygens (including phenoxy) is 2. The number of nitrogens with zero attached hydrogens (tertiary/aromatic N) is 12. The second-order valence-electron chi connectivity index (χ2n) is 40.9. The Morgan fingerprint density at radius 3 is 1.30 bits per heavy atom. The number of likely N-dealkylation sites (tertiary alicyclic amines) is 5. The van der Waals surface area contributed by atoms with Gasteiger partial charge in [-0.15, -0.1) is 13.1 Å². The van der Waals surface area contributed by atoms with Crippen molar-refractivity contribution >= 4 is 43.7 Å². The minimum Gasteiger partial charge on any atom is -0.660 e. The number of Topliss-reactive ketones (excluding diaryl/α,β-unsaturated/α-hetero) is 1. The predicted molar refractivity (Wildman–Crippen MR) is 498 cm³/mol. The summed E-state index contributed by atoms with van der Waals surface area (Å²) >= 11 is 0. The first-order chi connectivity index (χ1) is 55.3. The molecule has 10 rings (SSSR count). The van der Waals surface area contributed by atoms with E-state index in [9.17, 15) is 36.0 Å². The molecule has 0 spiro atoms. The molecular formula is C92H182AcN13O13S2-. The molecule has 4 atom stereocenters. The smallest absolute Gasteiger partial charge is 0.320 e. The van der Waals surface area contributed by atoms with Crippen molar-refractivity contribution in [2.45, 2.75) is 346 Å². The molecule has 0 bridgehead atoms. The van der Waals surface area contributed by atoms with Crippen molar-refractivity contribution < 1.29 is 105 Å². The molecule has 0 amide bonds. The zero-order chi connectivity index (χ0) is 92.0. The van der Waals surface area contributed by atoms with Crippen LogP contribution in [0, 0.1) is 55.9 Å². The molecule has 9 saturated heterocycles. The number of aliphatic carboxylic acids is 3. The summed E-state index contributed by atoms with van der Waals surface area (Å²) in [5.74, 6) is -1.52. The fraction of sp³-hybridized carbons (Fsp3) is 0.891. The number of piperazine rings is 2. The summed E-state index contributed by atoms with van der Waals surface area (Å²) in [6.45, 7) is 80.8. The summed E-state index contributed by atoms with van der Waals surface area (Å²) in [5.41, 5.74) is 2.47. The number of morpholine rings is 1. The fourth-order valence-corrected chi connectivity index (χ4v) is 18.8. The number of rotatable bonds is 15. The quantitative estimate of drug-likeness (QED) is 0.127. The summed E-state index contributed by atoms with van der Waals surface area (Å²) in [7, 11) is -2.10. The molecule has 26 nitrogen and oxygen atoms in total. The average molecular weight is 1970 g/mol. The van der Waals surface area contributed by atoms with E-state index < -0.39 is 38.0 Å². The molecule has 4 unspecified atom stereocenters. The summed E-state index contributed by atoms with van der Waals surface area (Å²) in [6.07, 6.45) is 13.4. The molecular weight excluding hydrogens is 1790 g/mol. The first-order valence-corrected chi connectivity index (χ1v) is 49.1. The van der Waals surface area contributed by atoms with Gasteiger partial charge in [-0.25, -0.2) is 16.8 Å². The third kappa shape index (κ3) is 49.0. The summed E-state index contributed by atoms with van der Waals surface area (Å²) < 4.78 is 58.7. The molecule has 0 saturated carbocycles. The van der Waals surface area contributed by atoms with Crippen LogP contribution < -0.4 is 5.32 Å². The second-order valence-corrected chi connectivity index (χ2v) is 44.9. The maximum atomic E-state index is 11.3. The first-order valence-electron chi connectivity index (χ1n) is 45.6. The van der Waals surface area contributed by atoms with Crippen LogP contribution in [0.25, 0.3) is 5.32 Å². The number of piperidine rings is 4. The summed E-state index contributed by atoms with van der Waals surface area (Å²) in [4.78, 5) is 64.7. The van der Waals surface area contributed by atoms with E-state index in [4.69, 9.17) is 24.8 Å². The molecule has 1 aromatic rings. The van der Waals surface area contributed by atoms with Crippen LogP contribution in [0.15, 0.2) is 30.3 Å². The van der Waals surface area contributed by atoms with Crippen molar-refractivity contribution in [3.05, 3.63) is 41.2 Å². The minimum absolute atomic E-state index is 0. The van der Waals surface area contributed by atoms with E-state index in [-0.39, 0.29) is 84.6 Å². The molecule has 9 aliphatic heterocycles. The van der Waals surface area contributed by atoms with Gasteiger partial charge in [0.05, 0.1) is 49.7 Å². The zero-order valence-electron chi connectivity index (χ0n) is 82.4. The Balaban J connectivity index is 0.00000132. The van der Waals surface area contributed by atoms with Gasteiger partial charge in [0.15, 0.2) is 0 Å². The van der Waals surface area contributed by atoms with E-state index in [1.807, 2.05) is 20.8 Å². The van der Waals surface area contributed by atoms with Gasteiger partial charge in [0.1, 0.15) is 11.8 Å². The van der Waals surface area contributed by atoms with Crippen molar-refractivity contribution in [1.82, 2.24) is 58.0 Å². The minimum atomic E-state index is -2.99. The Hall–Kier alpha value is -1.96. The van der Waals surface area contributed by atoms with E-state index in [1.165, 1.54) is 44.2 Å². The van der Waals surface area contributed by atoms with E-state index in [0.29, 0.717) is 78.0 Å². The maximum absolute atomic E-state index is 11.3. The molecule has 29 heteroatoms. The Kier molecular flexibility index (Phi) is 57.0. The summed E-state index contributed by atoms with van der Waals surface area (Å²) in [5, 5.41) is 34.2. The van der Waals surface area contributed by atoms with Gasteiger partial charge >= 0.3 is 17.9 Å². The number of sulfonamides is 2. The number of ketones is 1. The van der Waals surface area contributed by atoms with Gasteiger partial charge in [-0.2, -0.15) is 8.61 Å². The monoisotopic (exact) mass is 1970 g/mol. The third-order valence-corrected chi connectivity index (χ3v) is 27.6. The van der Waals surface area contributed by atoms with Crippen LogP contribution in [0.2, 0.25) is 0 Å². The normalized spacial score (nSPS) is 22.8. The molecule has 9 heterocycles. The Morgan fingerprint density at radius 1 is 0.521 bits per heavy atom. The van der Waals surface area contributed by atoms with Gasteiger partial charge in [0.2, 0.25) is 20.0 Å². The SMILES string of the molecule is CC(=O)C1CCCCN1C(C)C.CC(C)(C)N1CCC(C(=O)O)CC1.CC(C)(C)N1CCCS1(=O)=O.CC(C)(C)N1CCN(S(C)(=O)=O)CC1.CC(C)(C)N1CCOCC1.CC(C)(C)N1CC[N-]CC1.CC(C)N1CCCC(C(=O)O)C1.CC(C)N1CCCCC1C(=O)O.CNC1CCN(C(C)(C)C)C1.COCCN(Cc1ccccc1)C(C)C.[Ac]. The number of hydrogen-bond donors (Lipinski definition) is 4. The molecule has 9 aliphatic rings. The van der Waals surface area contributed by atoms with Gasteiger partial charge in [-0.05, 0) is 310 Å². The second kappa shape index (κ2) is 58.0. The predicted octanol–water partition coefficient (Wildman–Crippen LogP) is 13.3. The van der Waals surface area contributed by atoms with Crippen LogP contribution in [0.3, 0.4) is 0 Å². The largest absolute Gasteiger partial charge is 0.660 e. The van der Waals surface area contributed by atoms with Crippen molar-refractivity contribution in [3.8, 4) is 0 Å². The molecule has 4 N–H and O–H groups in total. The number of carboxylic acid groups (broad SMARTS) is 3. The topological polar surface area (TPSA) is 277 Å². The first kappa shape index (κ1) is 119. The number of carbonyl (C=O) groups is 4. The number of carbonyl (C=O) groups excluding carboxylic acids is 1. The number of benzene rings is 1. The number of hydrogen-bond acceptors (Lipinski definition) is 20. The molecule has 709 valence electrons. The van der Waals surface area contributed by atoms with Gasteiger partial charge in [0, 0.05) is 193 Å². The molecule has 0 aliphatic carbocycles. The third-order valence-electron chi connectivity index (χ3n) is 24.0. The molecule has 1 aromatic carbocycles. The van der Waals surface area contributed by atoms with E-state index in [0.717, 1.165) is 182 Å². The standard InChI is InChI=1S/C13H21NO.C10H19NO2.C10H19NO.C9H20N2O2S.C9H20N2.2C9H17NO2.C8H17N2.C8H17NO.C7H15NO2S.Ac/c1-12(2)14(9-10-15-3)11-13-7-5-4-6-8-13;1-10(2,3)11-6-4-8(5-7-11)9(12)13;1-8(2)11-7-5-4-6-10(11)9(3)12;1-9(2,3)10-5-7-11(8-6-10)14(4,12)13;1-9(2,3)11-6-5-8(7-11)10-4;1-7(2)10-5-3-4-8(6-10)9(11)12;1-7(2)10-6-4-3-5-8(10)9(11)12;1-8(2,3)10-6-4-9-5-7-10;1-8(2,3)9-4-6-10-7-5-9;1-7(2,3)8-5-4-6-11(8,9)10;/h4-8,12H,9-11H2,1-3H3;8H,4-7H2,1-3H3,(H,12,13);8,10H,4-7H2,1-3H3;5-8H2,1-4H3;8,10H,5-7H2,1-4H3;2*7-8H,3-6H2,1-2H3,(H,11,12);2*4-7H2,1-3H3;4-6H2,1-3H3;/q;;;;;;;-1;;;. The van der Waals surface area contributed by atoms with Crippen LogP contribution in [-0.4, -0.2) is 361 Å². The Morgan fingerprint density at radius 2 is 0.967 bits per heavy atom. The van der Waals surface area contributed by atoms with Gasteiger partial charge in [-0.1, -0.05) is 43.2 Å². The van der Waals surface area contributed by atoms with E-state index in [1.54, 1.807) is 22.6 Å². The average Bonchev–Trinajstić information content (AvgIpc) is 1.67. The fourth-order valence-electron chi connectivity index (χ4n) is 16.1. The molecule has 121 heavy (non-hydrogen) atoms. The van der Waals surface area contributed by atoms with Crippen LogP contribution >= 0.6 is 0 Å². The van der Waals surface area contributed by atoms with Crippen molar-refractivity contribution in [2.24, 2.45) is 11.8 Å². The van der Waals surface area contributed by atoms with Crippen molar-refractivity contribution in [3.63, 3.8) is 0 Å². The number of methoxy groups -OCH3 is 1. The molecule has 1 radical (unpaired) electrons.